The van der Waals surface area contributed by atoms with Crippen LogP contribution in [0.2, 0.25) is 0 Å². The largest absolute Gasteiger partial charge is 0.379 e. The lowest BCUT2D eigenvalue weighted by Gasteiger charge is -2.37. The number of hydrogen-bond donors (Lipinski definition) is 2. The number of piperidine rings is 1. The van der Waals surface area contributed by atoms with E-state index in [0.29, 0.717) is 5.92 Å². The van der Waals surface area contributed by atoms with Gasteiger partial charge in [0.2, 0.25) is 5.96 Å². The summed E-state index contributed by atoms with van der Waals surface area (Å²) in [4.78, 5) is 6.46. The van der Waals surface area contributed by atoms with E-state index in [1.165, 1.54) is 0 Å². The molecule has 0 aromatic carbocycles. The fraction of sp³-hybridized carbons (Fsp3) is 0.900. The molecule has 1 saturated heterocycles. The molecule has 2 atom stereocenters. The summed E-state index contributed by atoms with van der Waals surface area (Å²) in [5, 5.41) is 0. The predicted molar refractivity (Wildman–Crippen MR) is 61.5 cm³/mol. The molecule has 1 aliphatic heterocycles. The first-order valence-corrected chi connectivity index (χ1v) is 5.51. The average molecular weight is 214 g/mol. The molecular formula is C10H22N4O. The van der Waals surface area contributed by atoms with Crippen LogP contribution in [0.1, 0.15) is 20.3 Å². The van der Waals surface area contributed by atoms with E-state index in [2.05, 4.69) is 22.2 Å². The first-order chi connectivity index (χ1) is 7.22. The maximum absolute atomic E-state index is 5.45. The Balaban J connectivity index is 2.60. The monoisotopic (exact) mass is 214 g/mol. The van der Waals surface area contributed by atoms with Crippen molar-refractivity contribution >= 4 is 5.96 Å². The van der Waals surface area contributed by atoms with Gasteiger partial charge in [-0.1, -0.05) is 6.92 Å². The van der Waals surface area contributed by atoms with Crippen molar-refractivity contribution in [2.75, 3.05) is 26.7 Å². The van der Waals surface area contributed by atoms with E-state index in [1.54, 1.807) is 7.11 Å². The molecule has 0 bridgehead atoms. The third-order valence-corrected chi connectivity index (χ3v) is 2.93. The van der Waals surface area contributed by atoms with Crippen molar-refractivity contribution in [3.8, 4) is 0 Å². The summed E-state index contributed by atoms with van der Waals surface area (Å²) in [5.74, 6) is 6.82. The van der Waals surface area contributed by atoms with E-state index in [1.807, 2.05) is 6.92 Å². The number of aliphatic imine (C=N–C) groups is 1. The number of nitrogens with two attached hydrogens (primary N) is 1. The Kier molecular flexibility index (Phi) is 4.84. The number of rotatable bonds is 2. The number of nitrogens with one attached hydrogen (secondary N) is 1. The highest BCUT2D eigenvalue weighted by atomic mass is 16.5. The van der Waals surface area contributed by atoms with E-state index in [-0.39, 0.29) is 6.10 Å². The van der Waals surface area contributed by atoms with Crippen LogP contribution in [0, 0.1) is 5.92 Å². The van der Waals surface area contributed by atoms with Crippen LogP contribution >= 0.6 is 0 Å². The molecule has 1 rings (SSSR count). The highest BCUT2D eigenvalue weighted by molar-refractivity contribution is 5.79. The van der Waals surface area contributed by atoms with Gasteiger partial charge >= 0.3 is 0 Å². The zero-order valence-corrected chi connectivity index (χ0v) is 9.86. The number of guanidine groups is 1. The second-order valence-electron chi connectivity index (χ2n) is 3.93. The predicted octanol–water partition coefficient (Wildman–Crippen LogP) is 0.182. The molecule has 0 aliphatic carbocycles. The van der Waals surface area contributed by atoms with E-state index in [9.17, 15) is 0 Å². The molecule has 5 nitrogen and oxygen atoms in total. The van der Waals surface area contributed by atoms with Crippen LogP contribution in [-0.2, 0) is 4.74 Å². The molecular weight excluding hydrogens is 192 g/mol. The van der Waals surface area contributed by atoms with Crippen molar-refractivity contribution in [2.45, 2.75) is 26.4 Å². The maximum Gasteiger partial charge on any atom is 0.208 e. The second kappa shape index (κ2) is 5.92. The summed E-state index contributed by atoms with van der Waals surface area (Å²) in [5.41, 5.74) is 2.65. The van der Waals surface area contributed by atoms with Crippen molar-refractivity contribution in [2.24, 2.45) is 16.8 Å². The fourth-order valence-corrected chi connectivity index (χ4v) is 1.92. The van der Waals surface area contributed by atoms with E-state index >= 15 is 0 Å². The van der Waals surface area contributed by atoms with Crippen LogP contribution in [0.4, 0.5) is 0 Å². The third-order valence-electron chi connectivity index (χ3n) is 2.93. The number of hydrazine groups is 1. The van der Waals surface area contributed by atoms with Gasteiger partial charge in [-0.2, -0.15) is 0 Å². The van der Waals surface area contributed by atoms with Crippen LogP contribution in [0.5, 0.6) is 0 Å². The molecule has 5 heteroatoms. The van der Waals surface area contributed by atoms with Gasteiger partial charge in [0, 0.05) is 26.7 Å². The SMILES string of the molecule is CCN=C(NN)N1CCC(C)C(OC)C1. The molecule has 3 N–H and O–H groups in total. The van der Waals surface area contributed by atoms with Gasteiger partial charge in [0.05, 0.1) is 6.10 Å². The Hall–Kier alpha value is -0.810. The zero-order chi connectivity index (χ0) is 11.3. The van der Waals surface area contributed by atoms with Crippen LogP contribution in [0.3, 0.4) is 0 Å². The zero-order valence-electron chi connectivity index (χ0n) is 9.86. The van der Waals surface area contributed by atoms with Gasteiger partial charge in [0.1, 0.15) is 0 Å². The first-order valence-electron chi connectivity index (χ1n) is 5.51. The maximum atomic E-state index is 5.45. The summed E-state index contributed by atoms with van der Waals surface area (Å²) in [6.45, 7) is 6.81. The standard InChI is InChI=1S/C10H22N4O/c1-4-12-10(13-11)14-6-5-8(2)9(7-14)15-3/h8-9H,4-7,11H2,1-3H3,(H,12,13). The van der Waals surface area contributed by atoms with Gasteiger partial charge in [-0.15, -0.1) is 0 Å². The van der Waals surface area contributed by atoms with Gasteiger partial charge in [-0.3, -0.25) is 10.4 Å². The molecule has 2 unspecified atom stereocenters. The Morgan fingerprint density at radius 3 is 2.93 bits per heavy atom. The van der Waals surface area contributed by atoms with Crippen LogP contribution < -0.4 is 11.3 Å². The van der Waals surface area contributed by atoms with Crippen LogP contribution in [-0.4, -0.2) is 43.7 Å². The third kappa shape index (κ3) is 3.07. The van der Waals surface area contributed by atoms with Crippen LogP contribution in [0.25, 0.3) is 0 Å². The molecule has 0 aromatic rings. The molecule has 0 aromatic heterocycles. The van der Waals surface area contributed by atoms with Crippen LogP contribution in [0.15, 0.2) is 4.99 Å². The molecule has 1 heterocycles. The Bertz CT molecular complexity index is 219. The lowest BCUT2D eigenvalue weighted by Crippen LogP contribution is -2.52. The summed E-state index contributed by atoms with van der Waals surface area (Å²) in [7, 11) is 1.76. The quantitative estimate of drug-likeness (QED) is 0.298. The Morgan fingerprint density at radius 1 is 1.67 bits per heavy atom. The number of nitrogens with zero attached hydrogens (tertiary/aromatic N) is 2. The average Bonchev–Trinajstić information content (AvgIpc) is 2.27. The summed E-state index contributed by atoms with van der Waals surface area (Å²) < 4.78 is 5.44. The Labute approximate surface area is 91.6 Å². The van der Waals surface area contributed by atoms with Crippen molar-refractivity contribution in [3.05, 3.63) is 0 Å². The molecule has 0 radical (unpaired) electrons. The van der Waals surface area contributed by atoms with Crippen molar-refractivity contribution in [1.29, 1.82) is 0 Å². The number of likely N-dealkylation sites (tertiary alicyclic amines) is 1. The minimum absolute atomic E-state index is 0.272. The topological polar surface area (TPSA) is 62.9 Å². The van der Waals surface area contributed by atoms with Gasteiger partial charge in [-0.25, -0.2) is 5.84 Å². The van der Waals surface area contributed by atoms with Gasteiger partial charge in [0.25, 0.3) is 0 Å². The Morgan fingerprint density at radius 2 is 2.40 bits per heavy atom. The first kappa shape index (κ1) is 12.3. The number of hydrogen-bond acceptors (Lipinski definition) is 3. The highest BCUT2D eigenvalue weighted by Crippen LogP contribution is 2.19. The normalized spacial score (nSPS) is 28.0. The van der Waals surface area contributed by atoms with E-state index in [4.69, 9.17) is 10.6 Å². The van der Waals surface area contributed by atoms with Gasteiger partial charge in [-0.05, 0) is 19.3 Å². The molecule has 0 saturated carbocycles. The second-order valence-corrected chi connectivity index (χ2v) is 3.93. The molecule has 1 aliphatic rings. The number of methoxy groups -OCH3 is 1. The summed E-state index contributed by atoms with van der Waals surface area (Å²) in [6.07, 6.45) is 1.39. The minimum Gasteiger partial charge on any atom is -0.379 e. The molecule has 0 amide bonds. The molecule has 0 spiro atoms. The summed E-state index contributed by atoms with van der Waals surface area (Å²) in [6, 6.07) is 0. The lowest BCUT2D eigenvalue weighted by atomic mass is 9.96. The van der Waals surface area contributed by atoms with Crippen molar-refractivity contribution in [3.63, 3.8) is 0 Å². The van der Waals surface area contributed by atoms with E-state index < -0.39 is 0 Å². The van der Waals surface area contributed by atoms with Crippen molar-refractivity contribution in [1.82, 2.24) is 10.3 Å². The minimum atomic E-state index is 0.272. The smallest absolute Gasteiger partial charge is 0.208 e. The lowest BCUT2D eigenvalue weighted by molar-refractivity contribution is 0.0140. The van der Waals surface area contributed by atoms with Gasteiger partial charge in [0.15, 0.2) is 0 Å². The molecule has 1 fully saturated rings. The highest BCUT2D eigenvalue weighted by Gasteiger charge is 2.27. The molecule has 15 heavy (non-hydrogen) atoms. The van der Waals surface area contributed by atoms with Crippen molar-refractivity contribution < 1.29 is 4.74 Å². The van der Waals surface area contributed by atoms with Gasteiger partial charge < -0.3 is 9.64 Å². The summed E-state index contributed by atoms with van der Waals surface area (Å²) >= 11 is 0. The number of ether oxygens (including phenoxy) is 1. The van der Waals surface area contributed by atoms with E-state index in [0.717, 1.165) is 32.0 Å². The molecule has 88 valence electrons. The fourth-order valence-electron chi connectivity index (χ4n) is 1.92.